The average molecular weight is 414 g/mol. The number of piperazine rings is 1. The van der Waals surface area contributed by atoms with Gasteiger partial charge in [0.2, 0.25) is 10.0 Å². The second kappa shape index (κ2) is 7.98. The van der Waals surface area contributed by atoms with Crippen LogP contribution in [0.5, 0.6) is 5.75 Å². The summed E-state index contributed by atoms with van der Waals surface area (Å²) in [7, 11) is -1.92. The Balaban J connectivity index is 1.50. The van der Waals surface area contributed by atoms with Crippen LogP contribution in [0.15, 0.2) is 68.7 Å². The van der Waals surface area contributed by atoms with E-state index in [1.165, 1.54) is 10.4 Å². The Morgan fingerprint density at radius 1 is 1.00 bits per heavy atom. The molecule has 8 heteroatoms. The van der Waals surface area contributed by atoms with Gasteiger partial charge >= 0.3 is 5.63 Å². The molecule has 4 rings (SSSR count). The van der Waals surface area contributed by atoms with Crippen molar-refractivity contribution in [3.8, 4) is 5.75 Å². The number of hydrogen-bond donors (Lipinski definition) is 0. The summed E-state index contributed by atoms with van der Waals surface area (Å²) < 4.78 is 37.6. The third-order valence-electron chi connectivity index (χ3n) is 5.14. The molecule has 1 saturated heterocycles. The third kappa shape index (κ3) is 4.05. The molecular formula is C21H22N2O5S. The molecule has 0 saturated carbocycles. The van der Waals surface area contributed by atoms with E-state index in [1.807, 2.05) is 12.1 Å². The summed E-state index contributed by atoms with van der Waals surface area (Å²) in [5.41, 5.74) is 0.932. The van der Waals surface area contributed by atoms with Gasteiger partial charge in [-0.1, -0.05) is 18.2 Å². The van der Waals surface area contributed by atoms with Crippen molar-refractivity contribution in [2.75, 3.05) is 33.3 Å². The van der Waals surface area contributed by atoms with E-state index in [4.69, 9.17) is 9.15 Å². The molecule has 29 heavy (non-hydrogen) atoms. The van der Waals surface area contributed by atoms with Crippen LogP contribution in [0.4, 0.5) is 0 Å². The van der Waals surface area contributed by atoms with Crippen molar-refractivity contribution >= 4 is 21.0 Å². The molecule has 152 valence electrons. The van der Waals surface area contributed by atoms with Crippen LogP contribution in [0.2, 0.25) is 0 Å². The molecular weight excluding hydrogens is 392 g/mol. The maximum absolute atomic E-state index is 12.8. The van der Waals surface area contributed by atoms with Crippen molar-refractivity contribution in [2.45, 2.75) is 11.4 Å². The van der Waals surface area contributed by atoms with Gasteiger partial charge < -0.3 is 9.15 Å². The lowest BCUT2D eigenvalue weighted by Gasteiger charge is -2.34. The number of rotatable bonds is 5. The van der Waals surface area contributed by atoms with Gasteiger partial charge in [-0.3, -0.25) is 4.90 Å². The van der Waals surface area contributed by atoms with Crippen molar-refractivity contribution in [2.24, 2.45) is 0 Å². The number of fused-ring (bicyclic) bond motifs is 1. The van der Waals surface area contributed by atoms with Gasteiger partial charge in [-0.2, -0.15) is 4.31 Å². The van der Waals surface area contributed by atoms with Crippen molar-refractivity contribution in [3.63, 3.8) is 0 Å². The first-order chi connectivity index (χ1) is 14.0. The maximum atomic E-state index is 12.8. The minimum atomic E-state index is -3.48. The van der Waals surface area contributed by atoms with Crippen LogP contribution in [0.1, 0.15) is 5.56 Å². The molecule has 2 heterocycles. The molecule has 0 radical (unpaired) electrons. The number of nitrogens with zero attached hydrogens (tertiary/aromatic N) is 2. The molecule has 1 aliphatic heterocycles. The smallest absolute Gasteiger partial charge is 0.336 e. The highest BCUT2D eigenvalue weighted by atomic mass is 32.2. The number of ether oxygens (including phenoxy) is 1. The first-order valence-electron chi connectivity index (χ1n) is 9.36. The molecule has 1 aromatic heterocycles. The highest BCUT2D eigenvalue weighted by Crippen LogP contribution is 2.24. The second-order valence-corrected chi connectivity index (χ2v) is 8.88. The SMILES string of the molecule is COc1ccc2c(CN3CCN(S(=O)(=O)c4ccccc4)CC3)cc(=O)oc2c1. The fourth-order valence-electron chi connectivity index (χ4n) is 3.58. The molecule has 0 atom stereocenters. The van der Waals surface area contributed by atoms with Crippen LogP contribution in [0, 0.1) is 0 Å². The predicted octanol–water partition coefficient (Wildman–Crippen LogP) is 2.31. The largest absolute Gasteiger partial charge is 0.497 e. The van der Waals surface area contributed by atoms with E-state index in [1.54, 1.807) is 43.5 Å². The average Bonchev–Trinajstić information content (AvgIpc) is 2.74. The second-order valence-electron chi connectivity index (χ2n) is 6.95. The van der Waals surface area contributed by atoms with E-state index in [0.717, 1.165) is 10.9 Å². The predicted molar refractivity (Wildman–Crippen MR) is 110 cm³/mol. The quantitative estimate of drug-likeness (QED) is 0.596. The van der Waals surface area contributed by atoms with Gasteiger partial charge in [-0.25, -0.2) is 13.2 Å². The summed E-state index contributed by atoms with van der Waals surface area (Å²) in [5.74, 6) is 0.623. The number of sulfonamides is 1. The first kappa shape index (κ1) is 19.6. The molecule has 1 fully saturated rings. The van der Waals surface area contributed by atoms with Crippen LogP contribution in [0.3, 0.4) is 0 Å². The molecule has 2 aromatic carbocycles. The van der Waals surface area contributed by atoms with Crippen LogP contribution < -0.4 is 10.4 Å². The van der Waals surface area contributed by atoms with Gasteiger partial charge in [0.25, 0.3) is 0 Å². The fraction of sp³-hybridized carbons (Fsp3) is 0.286. The Labute approximate surface area is 169 Å². The number of benzene rings is 2. The summed E-state index contributed by atoms with van der Waals surface area (Å²) in [4.78, 5) is 14.4. The lowest BCUT2D eigenvalue weighted by atomic mass is 10.1. The van der Waals surface area contributed by atoms with E-state index >= 15 is 0 Å². The summed E-state index contributed by atoms with van der Waals surface area (Å²) in [6, 6.07) is 15.4. The summed E-state index contributed by atoms with van der Waals surface area (Å²) in [6.45, 7) is 2.54. The first-order valence-corrected chi connectivity index (χ1v) is 10.8. The fourth-order valence-corrected chi connectivity index (χ4v) is 5.02. The third-order valence-corrected chi connectivity index (χ3v) is 7.06. The topological polar surface area (TPSA) is 80.1 Å². The van der Waals surface area contributed by atoms with Crippen molar-refractivity contribution in [1.29, 1.82) is 0 Å². The van der Waals surface area contributed by atoms with Gasteiger partial charge in [-0.15, -0.1) is 0 Å². The van der Waals surface area contributed by atoms with Gasteiger partial charge in [0.15, 0.2) is 0 Å². The number of hydrogen-bond acceptors (Lipinski definition) is 6. The van der Waals surface area contributed by atoms with E-state index < -0.39 is 15.6 Å². The van der Waals surface area contributed by atoms with Gasteiger partial charge in [0, 0.05) is 50.2 Å². The van der Waals surface area contributed by atoms with Gasteiger partial charge in [0.05, 0.1) is 12.0 Å². The Morgan fingerprint density at radius 3 is 2.41 bits per heavy atom. The molecule has 3 aromatic rings. The normalized spacial score (nSPS) is 16.2. The van der Waals surface area contributed by atoms with Crippen molar-refractivity contribution < 1.29 is 17.6 Å². The Morgan fingerprint density at radius 2 is 1.72 bits per heavy atom. The van der Waals surface area contributed by atoms with Gasteiger partial charge in [-0.05, 0) is 29.8 Å². The molecule has 0 amide bonds. The van der Waals surface area contributed by atoms with Gasteiger partial charge in [0.1, 0.15) is 11.3 Å². The summed E-state index contributed by atoms with van der Waals surface area (Å²) >= 11 is 0. The summed E-state index contributed by atoms with van der Waals surface area (Å²) in [6.07, 6.45) is 0. The zero-order chi connectivity index (χ0) is 20.4. The summed E-state index contributed by atoms with van der Waals surface area (Å²) in [5, 5.41) is 0.852. The standard InChI is InChI=1S/C21H22N2O5S/c1-27-17-7-8-19-16(13-21(24)28-20(19)14-17)15-22-9-11-23(12-10-22)29(25,26)18-5-3-2-4-6-18/h2-8,13-14H,9-12,15H2,1H3. The molecule has 0 unspecified atom stereocenters. The highest BCUT2D eigenvalue weighted by molar-refractivity contribution is 7.89. The lowest BCUT2D eigenvalue weighted by molar-refractivity contribution is 0.182. The molecule has 0 N–H and O–H groups in total. The molecule has 0 spiro atoms. The minimum absolute atomic E-state index is 0.314. The molecule has 0 aliphatic carbocycles. The maximum Gasteiger partial charge on any atom is 0.336 e. The van der Waals surface area contributed by atoms with Crippen LogP contribution in [-0.4, -0.2) is 50.9 Å². The molecule has 7 nitrogen and oxygen atoms in total. The lowest BCUT2D eigenvalue weighted by Crippen LogP contribution is -2.48. The van der Waals surface area contributed by atoms with Crippen molar-refractivity contribution in [1.82, 2.24) is 9.21 Å². The van der Waals surface area contributed by atoms with E-state index in [9.17, 15) is 13.2 Å². The molecule has 0 bridgehead atoms. The Bertz CT molecular complexity index is 1170. The number of methoxy groups -OCH3 is 1. The monoisotopic (exact) mass is 414 g/mol. The van der Waals surface area contributed by atoms with Crippen LogP contribution >= 0.6 is 0 Å². The highest BCUT2D eigenvalue weighted by Gasteiger charge is 2.28. The van der Waals surface area contributed by atoms with Crippen molar-refractivity contribution in [3.05, 3.63) is 70.6 Å². The zero-order valence-corrected chi connectivity index (χ0v) is 16.9. The zero-order valence-electron chi connectivity index (χ0n) is 16.1. The van der Waals surface area contributed by atoms with E-state index in [2.05, 4.69) is 4.90 Å². The Kier molecular flexibility index (Phi) is 5.40. The Hall–Kier alpha value is -2.68. The minimum Gasteiger partial charge on any atom is -0.497 e. The van der Waals surface area contributed by atoms with E-state index in [-0.39, 0.29) is 0 Å². The van der Waals surface area contributed by atoms with E-state index in [0.29, 0.717) is 49.0 Å². The molecule has 1 aliphatic rings. The van der Waals surface area contributed by atoms with Crippen LogP contribution in [-0.2, 0) is 16.6 Å². The van der Waals surface area contributed by atoms with Crippen LogP contribution in [0.25, 0.3) is 11.0 Å².